The fourth-order valence-electron chi connectivity index (χ4n) is 1.42. The van der Waals surface area contributed by atoms with Crippen molar-refractivity contribution in [3.8, 4) is 5.75 Å². The molecule has 1 rings (SSSR count). The molecule has 1 N–H and O–H groups in total. The summed E-state index contributed by atoms with van der Waals surface area (Å²) in [7, 11) is 0. The number of aliphatic carboxylic acids is 1. The van der Waals surface area contributed by atoms with E-state index in [1.807, 2.05) is 6.92 Å². The predicted molar refractivity (Wildman–Crippen MR) is 81.2 cm³/mol. The Kier molecular flexibility index (Phi) is 6.52. The van der Waals surface area contributed by atoms with E-state index in [2.05, 4.69) is 15.9 Å². The van der Waals surface area contributed by atoms with Crippen molar-refractivity contribution in [1.29, 1.82) is 0 Å². The van der Waals surface area contributed by atoms with Gasteiger partial charge in [-0.25, -0.2) is 4.79 Å². The van der Waals surface area contributed by atoms with Crippen molar-refractivity contribution in [2.75, 3.05) is 6.61 Å². The van der Waals surface area contributed by atoms with E-state index in [1.54, 1.807) is 0 Å². The van der Waals surface area contributed by atoms with E-state index in [0.717, 1.165) is 0 Å². The van der Waals surface area contributed by atoms with Crippen LogP contribution in [0.3, 0.4) is 0 Å². The van der Waals surface area contributed by atoms with Crippen molar-refractivity contribution in [1.82, 2.24) is 0 Å². The van der Waals surface area contributed by atoms with Crippen LogP contribution in [0.1, 0.15) is 23.7 Å². The van der Waals surface area contributed by atoms with E-state index in [9.17, 15) is 9.59 Å². The third-order valence-electron chi connectivity index (χ3n) is 2.45. The minimum atomic E-state index is -1.13. The Hall–Kier alpha value is -1.04. The Morgan fingerprint density at radius 1 is 1.35 bits per heavy atom. The van der Waals surface area contributed by atoms with Crippen LogP contribution in [0.4, 0.5) is 0 Å². The summed E-state index contributed by atoms with van der Waals surface area (Å²) < 4.78 is 4.98. The highest BCUT2D eigenvalue weighted by Crippen LogP contribution is 2.36. The number of carboxylic acid groups (broad SMARTS) is 1. The number of ether oxygens (including phenoxy) is 1. The molecule has 0 bridgehead atoms. The van der Waals surface area contributed by atoms with Gasteiger partial charge in [0.2, 0.25) is 0 Å². The van der Waals surface area contributed by atoms with Crippen molar-refractivity contribution in [3.05, 3.63) is 38.3 Å². The summed E-state index contributed by atoms with van der Waals surface area (Å²) in [6, 6.07) is 2.88. The standard InChI is InChI=1S/C13H11BrCl2O4/c1-2-7(5-14)13(19)8-3-4-9(12(16)11(8)15)20-6-10(17)18/h3-5H,2,6H2,1H3,(H,17,18)/b7-5+. The molecule has 1 aromatic carbocycles. The number of hydrogen-bond acceptors (Lipinski definition) is 3. The first-order chi connectivity index (χ1) is 9.42. The molecule has 0 radical (unpaired) electrons. The lowest BCUT2D eigenvalue weighted by atomic mass is 10.0. The summed E-state index contributed by atoms with van der Waals surface area (Å²) in [4.78, 5) is 24.2. The Labute approximate surface area is 134 Å². The van der Waals surface area contributed by atoms with Crippen molar-refractivity contribution in [3.63, 3.8) is 0 Å². The number of carbonyl (C=O) groups is 2. The highest BCUT2D eigenvalue weighted by Gasteiger charge is 2.19. The molecule has 108 valence electrons. The quantitative estimate of drug-likeness (QED) is 0.588. The normalized spacial score (nSPS) is 11.3. The van der Waals surface area contributed by atoms with Gasteiger partial charge in [0.15, 0.2) is 12.4 Å². The third kappa shape index (κ3) is 3.98. The first kappa shape index (κ1) is 17.0. The van der Waals surface area contributed by atoms with E-state index < -0.39 is 12.6 Å². The molecule has 0 unspecified atom stereocenters. The number of hydrogen-bond donors (Lipinski definition) is 1. The van der Waals surface area contributed by atoms with Gasteiger partial charge < -0.3 is 9.84 Å². The maximum Gasteiger partial charge on any atom is 0.341 e. The van der Waals surface area contributed by atoms with Crippen molar-refractivity contribution in [2.45, 2.75) is 13.3 Å². The summed E-state index contributed by atoms with van der Waals surface area (Å²) in [5.74, 6) is -1.26. The van der Waals surface area contributed by atoms with Crippen LogP contribution in [0.2, 0.25) is 10.0 Å². The fraction of sp³-hybridized carbons (Fsp3) is 0.231. The molecule has 0 amide bonds. The molecule has 4 nitrogen and oxygen atoms in total. The number of ketones is 1. The highest BCUT2D eigenvalue weighted by molar-refractivity contribution is 9.11. The van der Waals surface area contributed by atoms with E-state index in [1.165, 1.54) is 17.1 Å². The smallest absolute Gasteiger partial charge is 0.341 e. The van der Waals surface area contributed by atoms with Crippen LogP contribution in [0, 0.1) is 0 Å². The van der Waals surface area contributed by atoms with Gasteiger partial charge in [0.25, 0.3) is 0 Å². The number of benzene rings is 1. The number of Topliss-reactive ketones (excluding diaryl/α,β-unsaturated/α-hetero) is 1. The molecule has 0 aromatic heterocycles. The van der Waals surface area contributed by atoms with E-state index in [0.29, 0.717) is 12.0 Å². The van der Waals surface area contributed by atoms with E-state index in [4.69, 9.17) is 33.0 Å². The largest absolute Gasteiger partial charge is 0.480 e. The number of rotatable bonds is 6. The maximum atomic E-state index is 12.2. The molecule has 0 fully saturated rings. The number of carboxylic acids is 1. The number of halogens is 3. The van der Waals surface area contributed by atoms with Crippen LogP contribution in [-0.4, -0.2) is 23.5 Å². The van der Waals surface area contributed by atoms with E-state index >= 15 is 0 Å². The highest BCUT2D eigenvalue weighted by atomic mass is 79.9. The molecule has 0 saturated carbocycles. The van der Waals surface area contributed by atoms with Gasteiger partial charge in [-0.05, 0) is 23.5 Å². The maximum absolute atomic E-state index is 12.2. The summed E-state index contributed by atoms with van der Waals surface area (Å²) in [6.07, 6.45) is 0.537. The minimum Gasteiger partial charge on any atom is -0.480 e. The van der Waals surface area contributed by atoms with Crippen molar-refractivity contribution in [2.24, 2.45) is 0 Å². The molecule has 0 aliphatic heterocycles. The number of carbonyl (C=O) groups excluding carboxylic acids is 1. The van der Waals surface area contributed by atoms with Gasteiger partial charge in [0.1, 0.15) is 10.8 Å². The molecule has 20 heavy (non-hydrogen) atoms. The molecule has 0 saturated heterocycles. The van der Waals surface area contributed by atoms with Crippen LogP contribution < -0.4 is 4.74 Å². The number of allylic oxidation sites excluding steroid dienone is 1. The Morgan fingerprint density at radius 3 is 2.50 bits per heavy atom. The van der Waals surface area contributed by atoms with Gasteiger partial charge >= 0.3 is 5.97 Å². The molecule has 1 aromatic rings. The monoisotopic (exact) mass is 380 g/mol. The van der Waals surface area contributed by atoms with Gasteiger partial charge in [-0.15, -0.1) is 0 Å². The van der Waals surface area contributed by atoms with Crippen LogP contribution in [-0.2, 0) is 4.79 Å². The summed E-state index contributed by atoms with van der Waals surface area (Å²) in [6.45, 7) is 1.30. The molecule has 0 aliphatic carbocycles. The van der Waals surface area contributed by atoms with Gasteiger partial charge in [-0.2, -0.15) is 0 Å². The van der Waals surface area contributed by atoms with Crippen LogP contribution in [0.15, 0.2) is 22.7 Å². The SMILES string of the molecule is CC/C(=C\Br)C(=O)c1ccc(OCC(=O)O)c(Cl)c1Cl. The predicted octanol–water partition coefficient (Wildman–Crippen LogP) is 4.33. The topological polar surface area (TPSA) is 63.6 Å². The average Bonchev–Trinajstić information content (AvgIpc) is 2.41. The summed E-state index contributed by atoms with van der Waals surface area (Å²) in [5.41, 5.74) is 0.786. The molecule has 0 atom stereocenters. The fourth-order valence-corrected chi connectivity index (χ4v) is 2.41. The Balaban J connectivity index is 3.11. The lowest BCUT2D eigenvalue weighted by Gasteiger charge is -2.11. The van der Waals surface area contributed by atoms with Crippen molar-refractivity contribution < 1.29 is 19.4 Å². The zero-order valence-corrected chi connectivity index (χ0v) is 13.5. The van der Waals surface area contributed by atoms with Crippen LogP contribution in [0.5, 0.6) is 5.75 Å². The second kappa shape index (κ2) is 7.67. The van der Waals surface area contributed by atoms with Gasteiger partial charge in [0.05, 0.1) is 5.02 Å². The van der Waals surface area contributed by atoms with Gasteiger partial charge in [-0.1, -0.05) is 46.1 Å². The Morgan fingerprint density at radius 2 is 2.00 bits per heavy atom. The van der Waals surface area contributed by atoms with Crippen molar-refractivity contribution >= 4 is 50.9 Å². The first-order valence-corrected chi connectivity index (χ1v) is 7.26. The summed E-state index contributed by atoms with van der Waals surface area (Å²) in [5, 5.41) is 8.61. The molecule has 7 heteroatoms. The zero-order valence-electron chi connectivity index (χ0n) is 10.5. The molecular weight excluding hydrogens is 371 g/mol. The van der Waals surface area contributed by atoms with Crippen LogP contribution >= 0.6 is 39.1 Å². The zero-order chi connectivity index (χ0) is 15.3. The second-order valence-electron chi connectivity index (χ2n) is 3.74. The first-order valence-electron chi connectivity index (χ1n) is 5.58. The third-order valence-corrected chi connectivity index (χ3v) is 3.86. The van der Waals surface area contributed by atoms with Gasteiger partial charge in [0, 0.05) is 11.1 Å². The average molecular weight is 382 g/mol. The second-order valence-corrected chi connectivity index (χ2v) is 4.95. The minimum absolute atomic E-state index is 0.0174. The van der Waals surface area contributed by atoms with Crippen LogP contribution in [0.25, 0.3) is 0 Å². The lowest BCUT2D eigenvalue weighted by molar-refractivity contribution is -0.139. The molecule has 0 spiro atoms. The molecular formula is C13H11BrCl2O4. The Bertz CT molecular complexity index is 570. The molecule has 0 aliphatic rings. The molecule has 0 heterocycles. The summed E-state index contributed by atoms with van der Waals surface area (Å²) >= 11 is 15.2. The van der Waals surface area contributed by atoms with Gasteiger partial charge in [-0.3, -0.25) is 4.79 Å². The van der Waals surface area contributed by atoms with E-state index in [-0.39, 0.29) is 27.1 Å². The lowest BCUT2D eigenvalue weighted by Crippen LogP contribution is -2.10.